The van der Waals surface area contributed by atoms with Crippen LogP contribution in [0.1, 0.15) is 59.8 Å². The second-order valence-corrected chi connectivity index (χ2v) is 6.72. The lowest BCUT2D eigenvalue weighted by Crippen LogP contribution is -2.08. The van der Waals surface area contributed by atoms with Crippen molar-refractivity contribution in [3.05, 3.63) is 0 Å². The van der Waals surface area contributed by atoms with Gasteiger partial charge in [0.15, 0.2) is 5.12 Å². The van der Waals surface area contributed by atoms with Crippen LogP contribution in [0.2, 0.25) is 0 Å². The van der Waals surface area contributed by atoms with Crippen LogP contribution in [-0.4, -0.2) is 68.9 Å². The van der Waals surface area contributed by atoms with Gasteiger partial charge in [0, 0.05) is 38.2 Å². The molecule has 166 valence electrons. The molecule has 0 rings (SSSR count). The van der Waals surface area contributed by atoms with Crippen molar-refractivity contribution in [2.45, 2.75) is 59.8 Å². The summed E-state index contributed by atoms with van der Waals surface area (Å²) in [5, 5.41) is -0.0289. The van der Waals surface area contributed by atoms with E-state index in [0.29, 0.717) is 51.6 Å². The molecule has 0 atom stereocenters. The van der Waals surface area contributed by atoms with E-state index < -0.39 is 0 Å². The average molecular weight is 423 g/mol. The first kappa shape index (κ1) is 29.2. The maximum absolute atomic E-state index is 11.3. The number of carbonyl (C=O) groups excluding carboxylic acids is 3. The fraction of sp³-hybridized carbons (Fsp3) is 0.850. The Morgan fingerprint density at radius 2 is 1.25 bits per heavy atom. The van der Waals surface area contributed by atoms with Gasteiger partial charge in [-0.15, -0.1) is 0 Å². The highest BCUT2D eigenvalue weighted by atomic mass is 32.2. The molecular weight excluding hydrogens is 384 g/mol. The molecule has 0 spiro atoms. The Balaban J connectivity index is 0. The molecule has 0 saturated carbocycles. The molecule has 0 N–H and O–H groups in total. The topological polar surface area (TPSA) is 88.1 Å². The van der Waals surface area contributed by atoms with Crippen molar-refractivity contribution in [2.24, 2.45) is 0 Å². The van der Waals surface area contributed by atoms with Gasteiger partial charge in [0.2, 0.25) is 0 Å². The first-order valence-corrected chi connectivity index (χ1v) is 11.1. The Hall–Kier alpha value is -0.960. The van der Waals surface area contributed by atoms with Gasteiger partial charge < -0.3 is 18.9 Å². The van der Waals surface area contributed by atoms with Gasteiger partial charge in [0.05, 0.1) is 39.5 Å². The van der Waals surface area contributed by atoms with Gasteiger partial charge in [-0.3, -0.25) is 14.4 Å². The number of ether oxygens (including phenoxy) is 4. The number of carbonyl (C=O) groups is 3. The van der Waals surface area contributed by atoms with Gasteiger partial charge in [-0.25, -0.2) is 0 Å². The summed E-state index contributed by atoms with van der Waals surface area (Å²) in [5.74, 6) is 0.279. The summed E-state index contributed by atoms with van der Waals surface area (Å²) in [5.41, 5.74) is 0. The largest absolute Gasteiger partial charge is 0.466 e. The van der Waals surface area contributed by atoms with Crippen molar-refractivity contribution in [3.8, 4) is 0 Å². The Morgan fingerprint density at radius 1 is 0.679 bits per heavy atom. The van der Waals surface area contributed by atoms with Crippen molar-refractivity contribution in [1.82, 2.24) is 0 Å². The highest BCUT2D eigenvalue weighted by molar-refractivity contribution is 8.13. The van der Waals surface area contributed by atoms with Crippen molar-refractivity contribution >= 4 is 28.6 Å². The van der Waals surface area contributed by atoms with Gasteiger partial charge in [0.25, 0.3) is 0 Å². The Bertz CT molecular complexity index is 381. The molecule has 28 heavy (non-hydrogen) atoms. The first-order valence-electron chi connectivity index (χ1n) is 10.1. The summed E-state index contributed by atoms with van der Waals surface area (Å²) < 4.78 is 20.1. The number of rotatable bonds is 17. The molecule has 0 aromatic rings. The summed E-state index contributed by atoms with van der Waals surface area (Å²) in [7, 11) is 0. The molecule has 0 aromatic heterocycles. The molecule has 0 aliphatic rings. The van der Waals surface area contributed by atoms with Crippen molar-refractivity contribution in [1.29, 1.82) is 0 Å². The third-order valence-electron chi connectivity index (χ3n) is 3.16. The van der Waals surface area contributed by atoms with E-state index in [1.807, 2.05) is 20.8 Å². The predicted octanol–water partition coefficient (Wildman–Crippen LogP) is 3.42. The van der Waals surface area contributed by atoms with E-state index in [1.165, 1.54) is 0 Å². The zero-order valence-corrected chi connectivity index (χ0v) is 18.8. The lowest BCUT2D eigenvalue weighted by molar-refractivity contribution is -0.142. The summed E-state index contributed by atoms with van der Waals surface area (Å²) in [6.07, 6.45) is 2.20. The maximum atomic E-state index is 11.3. The fourth-order valence-corrected chi connectivity index (χ4v) is 2.57. The van der Waals surface area contributed by atoms with Crippen LogP contribution in [-0.2, 0) is 33.3 Å². The third-order valence-corrected chi connectivity index (χ3v) is 4.10. The lowest BCUT2D eigenvalue weighted by atomic mass is 10.1. The molecule has 0 aromatic carbocycles. The molecular formula is C20H38O7S. The maximum Gasteiger partial charge on any atom is 0.306 e. The molecule has 0 heterocycles. The van der Waals surface area contributed by atoms with Crippen LogP contribution in [0.15, 0.2) is 0 Å². The second-order valence-electron chi connectivity index (χ2n) is 5.57. The monoisotopic (exact) mass is 422 g/mol. The number of ketones is 1. The highest BCUT2D eigenvalue weighted by Crippen LogP contribution is 2.10. The quantitative estimate of drug-likeness (QED) is 0.260. The van der Waals surface area contributed by atoms with E-state index in [4.69, 9.17) is 18.9 Å². The zero-order valence-electron chi connectivity index (χ0n) is 18.0. The predicted molar refractivity (Wildman–Crippen MR) is 112 cm³/mol. The number of Topliss-reactive ketones (excluding diaryl/α,β-unsaturated/α-hetero) is 1. The minimum Gasteiger partial charge on any atom is -0.466 e. The van der Waals surface area contributed by atoms with E-state index in [2.05, 4.69) is 0 Å². The van der Waals surface area contributed by atoms with Crippen LogP contribution in [0, 0.1) is 0 Å². The van der Waals surface area contributed by atoms with Crippen LogP contribution in [0.5, 0.6) is 0 Å². The molecule has 0 radical (unpaired) electrons. The Labute approximate surface area is 174 Å². The summed E-state index contributed by atoms with van der Waals surface area (Å²) >= 11 is 1.10. The van der Waals surface area contributed by atoms with Gasteiger partial charge in [-0.2, -0.15) is 0 Å². The third kappa shape index (κ3) is 25.0. The zero-order chi connectivity index (χ0) is 21.5. The summed E-state index contributed by atoms with van der Waals surface area (Å²) in [4.78, 5) is 33.5. The highest BCUT2D eigenvalue weighted by Gasteiger charge is 2.08. The van der Waals surface area contributed by atoms with Crippen molar-refractivity contribution in [2.75, 3.05) is 52.0 Å². The van der Waals surface area contributed by atoms with Gasteiger partial charge in [-0.1, -0.05) is 18.7 Å². The Morgan fingerprint density at radius 3 is 1.75 bits per heavy atom. The van der Waals surface area contributed by atoms with E-state index in [9.17, 15) is 14.4 Å². The van der Waals surface area contributed by atoms with Crippen molar-refractivity contribution in [3.63, 3.8) is 0 Å². The van der Waals surface area contributed by atoms with Crippen LogP contribution in [0.3, 0.4) is 0 Å². The molecule has 0 bridgehead atoms. The second kappa shape index (κ2) is 24.1. The van der Waals surface area contributed by atoms with Crippen LogP contribution in [0.25, 0.3) is 0 Å². The van der Waals surface area contributed by atoms with E-state index in [1.54, 1.807) is 6.92 Å². The van der Waals surface area contributed by atoms with Crippen molar-refractivity contribution < 1.29 is 33.3 Å². The smallest absolute Gasteiger partial charge is 0.306 e. The molecule has 0 unspecified atom stereocenters. The fourth-order valence-electron chi connectivity index (χ4n) is 1.83. The van der Waals surface area contributed by atoms with Gasteiger partial charge in [0.1, 0.15) is 5.78 Å². The molecule has 8 heteroatoms. The molecule has 0 aliphatic heterocycles. The van der Waals surface area contributed by atoms with E-state index in [-0.39, 0.29) is 29.7 Å². The number of esters is 1. The van der Waals surface area contributed by atoms with Gasteiger partial charge in [-0.05, 0) is 27.2 Å². The first-order chi connectivity index (χ1) is 13.5. The van der Waals surface area contributed by atoms with E-state index >= 15 is 0 Å². The number of hydrogen-bond donors (Lipinski definition) is 0. The molecule has 0 saturated heterocycles. The average Bonchev–Trinajstić information content (AvgIpc) is 2.67. The Kier molecular flexibility index (Phi) is 25.1. The standard InChI is InChI=1S/C12H20O4S.C8H18O3/c1-3-5-10(13)6-7-12(15)17-9-8-11(14)16-4-2;1-3-9-5-7-11-8-6-10-4-2/h3-9H2,1-2H3;3-8H2,1-2H3. The van der Waals surface area contributed by atoms with E-state index in [0.717, 1.165) is 31.4 Å². The van der Waals surface area contributed by atoms with Crippen LogP contribution in [0.4, 0.5) is 0 Å². The normalized spacial score (nSPS) is 10.1. The minimum absolute atomic E-state index is 0.0289. The molecule has 0 amide bonds. The molecule has 0 fully saturated rings. The minimum atomic E-state index is -0.283. The molecule has 7 nitrogen and oxygen atoms in total. The van der Waals surface area contributed by atoms with Gasteiger partial charge >= 0.3 is 5.97 Å². The van der Waals surface area contributed by atoms with Crippen LogP contribution >= 0.6 is 11.8 Å². The SMILES string of the molecule is CCCC(=O)CCC(=O)SCCC(=O)OCC.CCOCCOCCOCC. The summed E-state index contributed by atoms with van der Waals surface area (Å²) in [6, 6.07) is 0. The van der Waals surface area contributed by atoms with Crippen LogP contribution < -0.4 is 0 Å². The molecule has 0 aliphatic carbocycles. The lowest BCUT2D eigenvalue weighted by Gasteiger charge is -2.03. The number of hydrogen-bond acceptors (Lipinski definition) is 8. The number of thioether (sulfide) groups is 1. The summed E-state index contributed by atoms with van der Waals surface area (Å²) in [6.45, 7) is 12.2.